The first-order chi connectivity index (χ1) is 6.63. The van der Waals surface area contributed by atoms with E-state index in [-0.39, 0.29) is 0 Å². The fraction of sp³-hybridized carbons (Fsp3) is 0.500. The maximum atomic E-state index is 8.60. The van der Waals surface area contributed by atoms with Gasteiger partial charge in [-0.1, -0.05) is 13.8 Å². The maximum absolute atomic E-state index is 8.60. The molecule has 1 aromatic rings. The molecule has 0 unspecified atom stereocenters. The van der Waals surface area contributed by atoms with Gasteiger partial charge in [0.2, 0.25) is 5.95 Å². The predicted molar refractivity (Wildman–Crippen MR) is 54.6 cm³/mol. The quantitative estimate of drug-likeness (QED) is 0.536. The summed E-state index contributed by atoms with van der Waals surface area (Å²) in [6.45, 7) is 4.30. The molecular weight excluding hydrogens is 176 g/mol. The third-order valence-electron chi connectivity index (χ3n) is 1.79. The molecule has 0 spiro atoms. The van der Waals surface area contributed by atoms with Gasteiger partial charge in [0.1, 0.15) is 0 Å². The lowest BCUT2D eigenvalue weighted by Gasteiger charge is -2.07. The number of aromatic nitrogens is 2. The average Bonchev–Trinajstić information content (AvgIpc) is 2.17. The third kappa shape index (κ3) is 2.70. The fourth-order valence-electron chi connectivity index (χ4n) is 1.14. The molecule has 1 heterocycles. The molecule has 4 nitrogen and oxygen atoms in total. The number of anilines is 1. The minimum Gasteiger partial charge on any atom is -0.250 e. The zero-order valence-corrected chi connectivity index (χ0v) is 8.73. The normalized spacial score (nSPS) is 9.93. The Kier molecular flexibility index (Phi) is 3.41. The highest BCUT2D eigenvalue weighted by molar-refractivity contribution is 5.33. The van der Waals surface area contributed by atoms with E-state index in [1.54, 1.807) is 19.4 Å². The Labute approximate surface area is 84.2 Å². The van der Waals surface area contributed by atoms with Crippen LogP contribution in [-0.4, -0.2) is 17.0 Å². The van der Waals surface area contributed by atoms with Gasteiger partial charge in [-0.15, -0.1) is 0 Å². The second-order valence-corrected chi connectivity index (χ2v) is 3.65. The van der Waals surface area contributed by atoms with Gasteiger partial charge >= 0.3 is 0 Å². The van der Waals surface area contributed by atoms with Crippen molar-refractivity contribution in [2.75, 3.05) is 11.9 Å². The predicted octanol–water partition coefficient (Wildman–Crippen LogP) is 1.59. The van der Waals surface area contributed by atoms with Crippen LogP contribution in [0.4, 0.5) is 5.95 Å². The van der Waals surface area contributed by atoms with Gasteiger partial charge in [0.25, 0.3) is 0 Å². The highest BCUT2D eigenvalue weighted by Crippen LogP contribution is 2.08. The smallest absolute Gasteiger partial charge is 0.238 e. The molecule has 0 aromatic carbocycles. The van der Waals surface area contributed by atoms with E-state index >= 15 is 0 Å². The van der Waals surface area contributed by atoms with E-state index in [0.717, 1.165) is 12.0 Å². The van der Waals surface area contributed by atoms with E-state index in [9.17, 15) is 0 Å². The lowest BCUT2D eigenvalue weighted by molar-refractivity contribution is 0.643. The van der Waals surface area contributed by atoms with Crippen LogP contribution in [0.1, 0.15) is 19.4 Å². The van der Waals surface area contributed by atoms with Crippen LogP contribution in [0.2, 0.25) is 0 Å². The van der Waals surface area contributed by atoms with E-state index in [1.165, 1.54) is 4.90 Å². The molecule has 0 aliphatic heterocycles. The monoisotopic (exact) mass is 190 g/mol. The minimum absolute atomic E-state index is 0.444. The zero-order chi connectivity index (χ0) is 10.6. The Morgan fingerprint density at radius 3 is 2.43 bits per heavy atom. The van der Waals surface area contributed by atoms with Gasteiger partial charge in [-0.2, -0.15) is 5.26 Å². The van der Waals surface area contributed by atoms with Gasteiger partial charge in [-0.05, 0) is 17.9 Å². The molecule has 0 saturated carbocycles. The summed E-state index contributed by atoms with van der Waals surface area (Å²) in [5.74, 6) is 1.04. The van der Waals surface area contributed by atoms with Gasteiger partial charge in [0, 0.05) is 19.4 Å². The summed E-state index contributed by atoms with van der Waals surface area (Å²) in [6, 6.07) is 0. The van der Waals surface area contributed by atoms with Gasteiger partial charge in [-0.25, -0.2) is 9.97 Å². The molecule has 0 bridgehead atoms. The maximum Gasteiger partial charge on any atom is 0.238 e. The van der Waals surface area contributed by atoms with Crippen LogP contribution >= 0.6 is 0 Å². The Hall–Kier alpha value is -1.63. The standard InChI is InChI=1S/C10H14N4/c1-8(2)4-9-5-12-10(13-6-9)14(3)7-11/h5-6,8H,4H2,1-3H3. The molecule has 0 amide bonds. The van der Waals surface area contributed by atoms with E-state index in [2.05, 4.69) is 23.8 Å². The summed E-state index contributed by atoms with van der Waals surface area (Å²) in [5, 5.41) is 8.60. The molecule has 0 aliphatic rings. The Balaban J connectivity index is 2.74. The summed E-state index contributed by atoms with van der Waals surface area (Å²) in [5.41, 5.74) is 1.11. The lowest BCUT2D eigenvalue weighted by atomic mass is 10.1. The molecule has 0 radical (unpaired) electrons. The van der Waals surface area contributed by atoms with Crippen molar-refractivity contribution in [3.8, 4) is 6.19 Å². The SMILES string of the molecule is CC(C)Cc1cnc(N(C)C#N)nc1. The lowest BCUT2D eigenvalue weighted by Crippen LogP contribution is -2.12. The molecule has 0 N–H and O–H groups in total. The van der Waals surface area contributed by atoms with E-state index in [4.69, 9.17) is 5.26 Å². The first-order valence-corrected chi connectivity index (χ1v) is 4.58. The van der Waals surface area contributed by atoms with Crippen LogP contribution < -0.4 is 4.90 Å². The van der Waals surface area contributed by atoms with Crippen molar-refractivity contribution in [2.24, 2.45) is 5.92 Å². The number of hydrogen-bond acceptors (Lipinski definition) is 4. The number of rotatable bonds is 3. The molecule has 0 fully saturated rings. The highest BCUT2D eigenvalue weighted by Gasteiger charge is 2.03. The van der Waals surface area contributed by atoms with Gasteiger partial charge in [0.15, 0.2) is 6.19 Å². The number of nitrogens with zero attached hydrogens (tertiary/aromatic N) is 4. The van der Waals surface area contributed by atoms with Crippen LogP contribution in [0.5, 0.6) is 0 Å². The minimum atomic E-state index is 0.444. The number of hydrogen-bond donors (Lipinski definition) is 0. The Morgan fingerprint density at radius 2 is 2.00 bits per heavy atom. The Morgan fingerprint density at radius 1 is 1.43 bits per heavy atom. The summed E-state index contributed by atoms with van der Waals surface area (Å²) < 4.78 is 0. The van der Waals surface area contributed by atoms with Crippen molar-refractivity contribution in [2.45, 2.75) is 20.3 Å². The molecule has 4 heteroatoms. The van der Waals surface area contributed by atoms with Crippen LogP contribution in [0, 0.1) is 17.4 Å². The molecular formula is C10H14N4. The molecule has 0 aliphatic carbocycles. The first-order valence-electron chi connectivity index (χ1n) is 4.58. The fourth-order valence-corrected chi connectivity index (χ4v) is 1.14. The Bertz CT molecular complexity index is 323. The molecule has 0 atom stereocenters. The van der Waals surface area contributed by atoms with E-state index < -0.39 is 0 Å². The third-order valence-corrected chi connectivity index (χ3v) is 1.79. The van der Waals surface area contributed by atoms with Gasteiger partial charge < -0.3 is 0 Å². The van der Waals surface area contributed by atoms with Crippen molar-refractivity contribution in [3.63, 3.8) is 0 Å². The largest absolute Gasteiger partial charge is 0.250 e. The van der Waals surface area contributed by atoms with Crippen LogP contribution in [-0.2, 0) is 6.42 Å². The van der Waals surface area contributed by atoms with Crippen molar-refractivity contribution in [1.29, 1.82) is 5.26 Å². The van der Waals surface area contributed by atoms with E-state index in [0.29, 0.717) is 11.9 Å². The highest BCUT2D eigenvalue weighted by atomic mass is 15.2. The van der Waals surface area contributed by atoms with E-state index in [1.807, 2.05) is 6.19 Å². The second kappa shape index (κ2) is 4.56. The second-order valence-electron chi connectivity index (χ2n) is 3.65. The van der Waals surface area contributed by atoms with Gasteiger partial charge in [-0.3, -0.25) is 4.90 Å². The van der Waals surface area contributed by atoms with Crippen molar-refractivity contribution in [1.82, 2.24) is 9.97 Å². The van der Waals surface area contributed by atoms with Crippen molar-refractivity contribution < 1.29 is 0 Å². The topological polar surface area (TPSA) is 52.8 Å². The molecule has 74 valence electrons. The first kappa shape index (κ1) is 10.5. The zero-order valence-electron chi connectivity index (χ0n) is 8.73. The summed E-state index contributed by atoms with van der Waals surface area (Å²) in [6.07, 6.45) is 6.47. The average molecular weight is 190 g/mol. The summed E-state index contributed by atoms with van der Waals surface area (Å²) in [7, 11) is 1.64. The molecule has 1 rings (SSSR count). The molecule has 14 heavy (non-hydrogen) atoms. The molecule has 1 aromatic heterocycles. The molecule has 0 saturated heterocycles. The van der Waals surface area contributed by atoms with Crippen LogP contribution in [0.3, 0.4) is 0 Å². The number of nitriles is 1. The van der Waals surface area contributed by atoms with Crippen LogP contribution in [0.15, 0.2) is 12.4 Å². The van der Waals surface area contributed by atoms with Crippen molar-refractivity contribution in [3.05, 3.63) is 18.0 Å². The summed E-state index contributed by atoms with van der Waals surface area (Å²) in [4.78, 5) is 9.52. The van der Waals surface area contributed by atoms with Crippen LogP contribution in [0.25, 0.3) is 0 Å². The van der Waals surface area contributed by atoms with Crippen molar-refractivity contribution >= 4 is 5.95 Å². The van der Waals surface area contributed by atoms with Gasteiger partial charge in [0.05, 0.1) is 0 Å². The summed E-state index contributed by atoms with van der Waals surface area (Å²) >= 11 is 0.